The number of aliphatic carboxylic acids is 1. The molecule has 3 rings (SSSR count). The van der Waals surface area contributed by atoms with Crippen LogP contribution >= 0.6 is 0 Å². The van der Waals surface area contributed by atoms with Gasteiger partial charge in [-0.15, -0.1) is 0 Å². The van der Waals surface area contributed by atoms with Crippen molar-refractivity contribution in [3.05, 3.63) is 0 Å². The van der Waals surface area contributed by atoms with Crippen LogP contribution in [-0.2, 0) is 9.59 Å². The Bertz CT molecular complexity index is 426. The first kappa shape index (κ1) is 12.4. The van der Waals surface area contributed by atoms with Crippen molar-refractivity contribution < 1.29 is 19.5 Å². The molecule has 0 aromatic rings. The average Bonchev–Trinajstić information content (AvgIpc) is 3.08. The van der Waals surface area contributed by atoms with Crippen LogP contribution in [0.4, 0.5) is 4.79 Å². The lowest BCUT2D eigenvalue weighted by atomic mass is 10.0. The molecular weight excluding hydrogens is 248 g/mol. The molecule has 2 aliphatic carbocycles. The third kappa shape index (κ3) is 2.31. The van der Waals surface area contributed by atoms with Gasteiger partial charge in [0, 0.05) is 32.0 Å². The third-order valence-corrected chi connectivity index (χ3v) is 4.67. The van der Waals surface area contributed by atoms with Crippen LogP contribution in [0.2, 0.25) is 0 Å². The zero-order valence-corrected chi connectivity index (χ0v) is 10.7. The SMILES string of the molecule is O=C1CCN(C(=O)N[C@H]2C[C@@H](C(=O)O)[C@@H]3C[C@@H]32)CC1. The number of hydrogen-bond acceptors (Lipinski definition) is 3. The highest BCUT2D eigenvalue weighted by molar-refractivity contribution is 5.83. The van der Waals surface area contributed by atoms with E-state index in [-0.39, 0.29) is 29.7 Å². The zero-order valence-electron chi connectivity index (χ0n) is 10.7. The van der Waals surface area contributed by atoms with Crippen LogP contribution in [0.15, 0.2) is 0 Å². The van der Waals surface area contributed by atoms with E-state index in [4.69, 9.17) is 5.11 Å². The van der Waals surface area contributed by atoms with Gasteiger partial charge in [-0.2, -0.15) is 0 Å². The molecule has 0 aromatic heterocycles. The number of hydrogen-bond donors (Lipinski definition) is 2. The van der Waals surface area contributed by atoms with E-state index in [9.17, 15) is 14.4 Å². The van der Waals surface area contributed by atoms with E-state index < -0.39 is 5.97 Å². The number of carboxylic acids is 1. The molecule has 1 heterocycles. The van der Waals surface area contributed by atoms with Crippen molar-refractivity contribution in [3.63, 3.8) is 0 Å². The first-order valence-electron chi connectivity index (χ1n) is 6.86. The monoisotopic (exact) mass is 266 g/mol. The minimum absolute atomic E-state index is 0.00349. The van der Waals surface area contributed by atoms with E-state index in [1.54, 1.807) is 4.90 Å². The maximum atomic E-state index is 12.1. The van der Waals surface area contributed by atoms with Gasteiger partial charge in [-0.1, -0.05) is 0 Å². The second-order valence-corrected chi connectivity index (χ2v) is 5.83. The number of nitrogens with zero attached hydrogens (tertiary/aromatic N) is 1. The minimum Gasteiger partial charge on any atom is -0.481 e. The van der Waals surface area contributed by atoms with Crippen molar-refractivity contribution in [2.24, 2.45) is 17.8 Å². The van der Waals surface area contributed by atoms with Gasteiger partial charge in [0.1, 0.15) is 5.78 Å². The number of ketones is 1. The molecule has 0 spiro atoms. The van der Waals surface area contributed by atoms with Gasteiger partial charge in [0.15, 0.2) is 0 Å². The number of nitrogens with one attached hydrogen (secondary N) is 1. The predicted octanol–water partition coefficient (Wildman–Crippen LogP) is 0.470. The van der Waals surface area contributed by atoms with Crippen LogP contribution in [0.5, 0.6) is 0 Å². The lowest BCUT2D eigenvalue weighted by molar-refractivity contribution is -0.142. The number of amides is 2. The summed E-state index contributed by atoms with van der Waals surface area (Å²) >= 11 is 0. The fourth-order valence-electron chi connectivity index (χ4n) is 3.44. The van der Waals surface area contributed by atoms with Crippen LogP contribution in [0.1, 0.15) is 25.7 Å². The van der Waals surface area contributed by atoms with Gasteiger partial charge in [0.2, 0.25) is 0 Å². The van der Waals surface area contributed by atoms with Crippen molar-refractivity contribution >= 4 is 17.8 Å². The van der Waals surface area contributed by atoms with Gasteiger partial charge in [0.05, 0.1) is 5.92 Å². The Morgan fingerprint density at radius 2 is 1.84 bits per heavy atom. The molecule has 0 bridgehead atoms. The lowest BCUT2D eigenvalue weighted by Crippen LogP contribution is -2.48. The molecule has 3 aliphatic rings. The Kier molecular flexibility index (Phi) is 2.95. The number of carboxylic acid groups (broad SMARTS) is 1. The molecule has 1 aliphatic heterocycles. The number of likely N-dealkylation sites (tertiary alicyclic amines) is 1. The third-order valence-electron chi connectivity index (χ3n) is 4.67. The van der Waals surface area contributed by atoms with Crippen molar-refractivity contribution in [3.8, 4) is 0 Å². The Labute approximate surface area is 111 Å². The largest absolute Gasteiger partial charge is 0.481 e. The van der Waals surface area contributed by atoms with Gasteiger partial charge >= 0.3 is 12.0 Å². The summed E-state index contributed by atoms with van der Waals surface area (Å²) in [6.07, 6.45) is 2.33. The number of Topliss-reactive ketones (excluding diaryl/α,β-unsaturated/α-hetero) is 1. The molecule has 0 radical (unpaired) electrons. The second-order valence-electron chi connectivity index (χ2n) is 5.83. The van der Waals surface area contributed by atoms with E-state index in [2.05, 4.69) is 5.32 Å². The average molecular weight is 266 g/mol. The lowest BCUT2D eigenvalue weighted by Gasteiger charge is -2.28. The van der Waals surface area contributed by atoms with Crippen molar-refractivity contribution in [1.82, 2.24) is 10.2 Å². The molecule has 19 heavy (non-hydrogen) atoms. The first-order valence-corrected chi connectivity index (χ1v) is 6.86. The summed E-state index contributed by atoms with van der Waals surface area (Å²) in [5.41, 5.74) is 0. The standard InChI is InChI=1S/C13H18N2O4/c16-7-1-3-15(4-2-7)13(19)14-11-6-10(12(17)18)8-5-9(8)11/h8-11H,1-6H2,(H,14,19)(H,17,18)/t8-,9+,10-,11+/m1/s1. The van der Waals surface area contributed by atoms with Crippen LogP contribution in [0, 0.1) is 17.8 Å². The second kappa shape index (κ2) is 4.51. The highest BCUT2D eigenvalue weighted by Crippen LogP contribution is 2.55. The van der Waals surface area contributed by atoms with Crippen LogP contribution in [0.25, 0.3) is 0 Å². The first-order chi connectivity index (χ1) is 9.06. The molecule has 2 N–H and O–H groups in total. The molecule has 6 nitrogen and oxygen atoms in total. The summed E-state index contributed by atoms with van der Waals surface area (Å²) in [7, 11) is 0. The number of carbonyl (C=O) groups is 3. The topological polar surface area (TPSA) is 86.7 Å². The molecule has 0 unspecified atom stereocenters. The maximum absolute atomic E-state index is 12.1. The van der Waals surface area contributed by atoms with E-state index in [1.165, 1.54) is 0 Å². The van der Waals surface area contributed by atoms with Crippen molar-refractivity contribution in [2.45, 2.75) is 31.7 Å². The molecule has 2 amide bonds. The molecule has 6 heteroatoms. The van der Waals surface area contributed by atoms with E-state index >= 15 is 0 Å². The molecule has 3 fully saturated rings. The Balaban J connectivity index is 1.53. The van der Waals surface area contributed by atoms with Crippen LogP contribution in [0.3, 0.4) is 0 Å². The van der Waals surface area contributed by atoms with Gasteiger partial charge < -0.3 is 15.3 Å². The van der Waals surface area contributed by atoms with Crippen molar-refractivity contribution in [2.75, 3.05) is 13.1 Å². The maximum Gasteiger partial charge on any atom is 0.317 e. The summed E-state index contributed by atoms with van der Waals surface area (Å²) < 4.78 is 0. The number of rotatable bonds is 2. The van der Waals surface area contributed by atoms with E-state index in [0.717, 1.165) is 6.42 Å². The summed E-state index contributed by atoms with van der Waals surface area (Å²) in [5.74, 6) is -0.230. The van der Waals surface area contributed by atoms with Gasteiger partial charge in [-0.25, -0.2) is 4.79 Å². The number of urea groups is 1. The van der Waals surface area contributed by atoms with Gasteiger partial charge in [-0.05, 0) is 24.7 Å². The summed E-state index contributed by atoms with van der Waals surface area (Å²) in [5, 5.41) is 12.0. The summed E-state index contributed by atoms with van der Waals surface area (Å²) in [6, 6.07) is -0.148. The van der Waals surface area contributed by atoms with Crippen molar-refractivity contribution in [1.29, 1.82) is 0 Å². The smallest absolute Gasteiger partial charge is 0.317 e. The van der Waals surface area contributed by atoms with Crippen LogP contribution in [-0.4, -0.2) is 46.9 Å². The van der Waals surface area contributed by atoms with Gasteiger partial charge in [0.25, 0.3) is 0 Å². The molecule has 2 saturated carbocycles. The van der Waals surface area contributed by atoms with Gasteiger partial charge in [-0.3, -0.25) is 9.59 Å². The van der Waals surface area contributed by atoms with Crippen LogP contribution < -0.4 is 5.32 Å². The fourth-order valence-corrected chi connectivity index (χ4v) is 3.44. The highest BCUT2D eigenvalue weighted by atomic mass is 16.4. The highest BCUT2D eigenvalue weighted by Gasteiger charge is 2.57. The molecular formula is C13H18N2O4. The predicted molar refractivity (Wildman–Crippen MR) is 65.5 cm³/mol. The Morgan fingerprint density at radius 1 is 1.16 bits per heavy atom. The zero-order chi connectivity index (χ0) is 13.6. The molecule has 1 saturated heterocycles. The quantitative estimate of drug-likeness (QED) is 0.760. The van der Waals surface area contributed by atoms with E-state index in [0.29, 0.717) is 38.3 Å². The number of piperidine rings is 1. The molecule has 104 valence electrons. The Morgan fingerprint density at radius 3 is 2.42 bits per heavy atom. The number of carbonyl (C=O) groups excluding carboxylic acids is 2. The fraction of sp³-hybridized carbons (Fsp3) is 0.769. The normalized spacial score (nSPS) is 36.8. The Hall–Kier alpha value is -1.59. The molecule has 0 aromatic carbocycles. The molecule has 4 atom stereocenters. The summed E-state index contributed by atoms with van der Waals surface area (Å²) in [6.45, 7) is 0.960. The minimum atomic E-state index is -0.743. The summed E-state index contributed by atoms with van der Waals surface area (Å²) in [4.78, 5) is 35.9. The number of fused-ring (bicyclic) bond motifs is 1. The van der Waals surface area contributed by atoms with E-state index in [1.807, 2.05) is 0 Å².